The van der Waals surface area contributed by atoms with Gasteiger partial charge < -0.3 is 9.84 Å². The number of rotatable bonds is 2. The molecule has 0 amide bonds. The minimum absolute atomic E-state index is 0.00554. The van der Waals surface area contributed by atoms with Crippen molar-refractivity contribution in [3.63, 3.8) is 0 Å². The Labute approximate surface area is 168 Å². The van der Waals surface area contributed by atoms with E-state index in [0.717, 1.165) is 38.5 Å². The maximum Gasteiger partial charge on any atom is 0.302 e. The summed E-state index contributed by atoms with van der Waals surface area (Å²) in [6.45, 7) is 8.42. The maximum absolute atomic E-state index is 12.3. The molecule has 4 aliphatic rings. The molecule has 0 heterocycles. The maximum atomic E-state index is 12.3. The molecule has 0 aromatic carbocycles. The van der Waals surface area contributed by atoms with Gasteiger partial charge in [0.25, 0.3) is 0 Å². The summed E-state index contributed by atoms with van der Waals surface area (Å²) in [6.07, 6.45) is 9.53. The molecule has 3 fully saturated rings. The molecule has 0 radical (unpaired) electrons. The Hall–Kier alpha value is -1.42. The van der Waals surface area contributed by atoms with Crippen molar-refractivity contribution >= 4 is 11.8 Å². The van der Waals surface area contributed by atoms with E-state index < -0.39 is 0 Å². The Bertz CT molecular complexity index is 750. The summed E-state index contributed by atoms with van der Waals surface area (Å²) in [5.41, 5.74) is 2.58. The molecule has 1 N–H and O–H groups in total. The van der Waals surface area contributed by atoms with Crippen LogP contribution in [-0.4, -0.2) is 29.6 Å². The topological polar surface area (TPSA) is 63.6 Å². The number of esters is 1. The van der Waals surface area contributed by atoms with Gasteiger partial charge in [-0.2, -0.15) is 0 Å². The molecule has 0 spiro atoms. The highest BCUT2D eigenvalue weighted by atomic mass is 16.5. The predicted molar refractivity (Wildman–Crippen MR) is 107 cm³/mol. The standard InChI is InChI=1S/C24H34O4/c1-14-12-24(4)17(11-20(14)26)5-7-18-19-8-6-16(9-10-28-15(2)25)23(19,3)13-21(27)22(18)24/h9,11,14,18-19,21-22,27H,5-8,10,12-13H2,1-4H3/b16-9-/t14-,18+,19-,21-,22+,23+,24+/m1/s1. The Balaban J connectivity index is 1.64. The van der Waals surface area contributed by atoms with Gasteiger partial charge in [0.2, 0.25) is 0 Å². The van der Waals surface area contributed by atoms with Crippen LogP contribution in [-0.2, 0) is 14.3 Å². The van der Waals surface area contributed by atoms with Gasteiger partial charge >= 0.3 is 5.97 Å². The number of allylic oxidation sites excluding steroid dienone is 2. The van der Waals surface area contributed by atoms with Crippen LogP contribution in [0.1, 0.15) is 66.2 Å². The predicted octanol–water partition coefficient (Wildman–Crippen LogP) is 4.22. The number of aliphatic hydroxyl groups excluding tert-OH is 1. The first-order valence-corrected chi connectivity index (χ1v) is 10.9. The van der Waals surface area contributed by atoms with Gasteiger partial charge in [-0.05, 0) is 79.3 Å². The highest BCUT2D eigenvalue weighted by Crippen LogP contribution is 2.66. The van der Waals surface area contributed by atoms with E-state index in [4.69, 9.17) is 4.74 Å². The summed E-state index contributed by atoms with van der Waals surface area (Å²) < 4.78 is 5.15. The van der Waals surface area contributed by atoms with Gasteiger partial charge in [-0.25, -0.2) is 0 Å². The number of aliphatic hydroxyl groups is 1. The van der Waals surface area contributed by atoms with Crippen LogP contribution in [0.25, 0.3) is 0 Å². The lowest BCUT2D eigenvalue weighted by Crippen LogP contribution is -2.56. The lowest BCUT2D eigenvalue weighted by Gasteiger charge is -2.59. The number of ether oxygens (including phenoxy) is 1. The second kappa shape index (κ2) is 6.83. The molecule has 4 rings (SSSR count). The second-order valence-electron chi connectivity index (χ2n) is 10.2. The average Bonchev–Trinajstić information content (AvgIpc) is 2.92. The minimum atomic E-state index is -0.351. The minimum Gasteiger partial charge on any atom is -0.462 e. The van der Waals surface area contributed by atoms with Gasteiger partial charge in [0, 0.05) is 12.8 Å². The average molecular weight is 387 g/mol. The molecular weight excluding hydrogens is 352 g/mol. The molecule has 0 unspecified atom stereocenters. The Morgan fingerprint density at radius 3 is 2.71 bits per heavy atom. The van der Waals surface area contributed by atoms with Crippen LogP contribution in [0.4, 0.5) is 0 Å². The number of hydrogen-bond donors (Lipinski definition) is 1. The molecule has 4 heteroatoms. The van der Waals surface area contributed by atoms with Gasteiger partial charge in [0.05, 0.1) is 6.10 Å². The Kier molecular flexibility index (Phi) is 4.85. The van der Waals surface area contributed by atoms with Gasteiger partial charge in [-0.3, -0.25) is 9.59 Å². The molecular formula is C24H34O4. The van der Waals surface area contributed by atoms with Crippen LogP contribution >= 0.6 is 0 Å². The molecule has 7 atom stereocenters. The van der Waals surface area contributed by atoms with Crippen LogP contribution in [0, 0.1) is 34.5 Å². The third-order valence-corrected chi connectivity index (χ3v) is 8.67. The monoisotopic (exact) mass is 386 g/mol. The van der Waals surface area contributed by atoms with E-state index in [-0.39, 0.29) is 40.5 Å². The molecule has 0 bridgehead atoms. The van der Waals surface area contributed by atoms with Crippen molar-refractivity contribution in [3.8, 4) is 0 Å². The van der Waals surface area contributed by atoms with E-state index in [1.165, 1.54) is 18.1 Å². The zero-order valence-electron chi connectivity index (χ0n) is 17.7. The van der Waals surface area contributed by atoms with E-state index in [2.05, 4.69) is 19.9 Å². The molecule has 0 aliphatic heterocycles. The normalized spacial score (nSPS) is 46.5. The first kappa shape index (κ1) is 19.9. The molecule has 0 aromatic heterocycles. The van der Waals surface area contributed by atoms with Crippen molar-refractivity contribution in [2.45, 2.75) is 72.3 Å². The van der Waals surface area contributed by atoms with Crippen molar-refractivity contribution in [1.29, 1.82) is 0 Å². The zero-order valence-corrected chi connectivity index (χ0v) is 17.7. The Morgan fingerprint density at radius 1 is 1.25 bits per heavy atom. The SMILES string of the molecule is CC(=O)OC/C=C1/CC[C@@H]2[C@@H]3CCC4=CC(=O)[C@H](C)C[C@]4(C)[C@@H]3[C@H](O)C[C@@]12C. The fourth-order valence-electron chi connectivity index (χ4n) is 7.47. The highest BCUT2D eigenvalue weighted by Gasteiger charge is 2.61. The van der Waals surface area contributed by atoms with E-state index >= 15 is 0 Å². The molecule has 28 heavy (non-hydrogen) atoms. The molecule has 0 saturated heterocycles. The summed E-state index contributed by atoms with van der Waals surface area (Å²) >= 11 is 0. The van der Waals surface area contributed by atoms with E-state index in [1.807, 2.05) is 13.0 Å². The fraction of sp³-hybridized carbons (Fsp3) is 0.750. The summed E-state index contributed by atoms with van der Waals surface area (Å²) in [5.74, 6) is 1.37. The van der Waals surface area contributed by atoms with Crippen LogP contribution < -0.4 is 0 Å². The lowest BCUT2D eigenvalue weighted by molar-refractivity contribution is -0.139. The smallest absolute Gasteiger partial charge is 0.302 e. The molecule has 154 valence electrons. The van der Waals surface area contributed by atoms with Gasteiger partial charge in [-0.15, -0.1) is 0 Å². The van der Waals surface area contributed by atoms with Crippen LogP contribution in [0.5, 0.6) is 0 Å². The van der Waals surface area contributed by atoms with E-state index in [1.54, 1.807) is 0 Å². The zero-order chi connectivity index (χ0) is 20.3. The van der Waals surface area contributed by atoms with Crippen molar-refractivity contribution in [1.82, 2.24) is 0 Å². The quantitative estimate of drug-likeness (QED) is 0.570. The fourth-order valence-corrected chi connectivity index (χ4v) is 7.47. The molecule has 3 saturated carbocycles. The van der Waals surface area contributed by atoms with Crippen LogP contribution in [0.3, 0.4) is 0 Å². The largest absolute Gasteiger partial charge is 0.462 e. The van der Waals surface area contributed by atoms with Crippen LogP contribution in [0.2, 0.25) is 0 Å². The van der Waals surface area contributed by atoms with Gasteiger partial charge in [0.1, 0.15) is 6.61 Å². The van der Waals surface area contributed by atoms with Crippen LogP contribution in [0.15, 0.2) is 23.3 Å². The number of carbonyl (C=O) groups excluding carboxylic acids is 2. The third-order valence-electron chi connectivity index (χ3n) is 8.67. The molecule has 0 aromatic rings. The molecule has 4 nitrogen and oxygen atoms in total. The van der Waals surface area contributed by atoms with E-state index in [0.29, 0.717) is 18.4 Å². The number of fused-ring (bicyclic) bond motifs is 5. The Morgan fingerprint density at radius 2 is 2.00 bits per heavy atom. The van der Waals surface area contributed by atoms with Gasteiger partial charge in [0.15, 0.2) is 5.78 Å². The van der Waals surface area contributed by atoms with Gasteiger partial charge in [-0.1, -0.05) is 31.9 Å². The van der Waals surface area contributed by atoms with Crippen molar-refractivity contribution in [2.75, 3.05) is 6.61 Å². The lowest BCUT2D eigenvalue weighted by atomic mass is 9.46. The third kappa shape index (κ3) is 2.91. The summed E-state index contributed by atoms with van der Waals surface area (Å²) in [4.78, 5) is 23.4. The second-order valence-corrected chi connectivity index (χ2v) is 10.2. The van der Waals surface area contributed by atoms with Crippen molar-refractivity contribution < 1.29 is 19.4 Å². The summed E-state index contributed by atoms with van der Waals surface area (Å²) in [7, 11) is 0. The van der Waals surface area contributed by atoms with E-state index in [9.17, 15) is 14.7 Å². The first-order chi connectivity index (χ1) is 13.2. The molecule has 4 aliphatic carbocycles. The number of carbonyl (C=O) groups is 2. The van der Waals surface area contributed by atoms with Crippen molar-refractivity contribution in [2.24, 2.45) is 34.5 Å². The highest BCUT2D eigenvalue weighted by molar-refractivity contribution is 5.93. The number of hydrogen-bond acceptors (Lipinski definition) is 4. The summed E-state index contributed by atoms with van der Waals surface area (Å²) in [6, 6.07) is 0. The number of ketones is 1. The van der Waals surface area contributed by atoms with Crippen molar-refractivity contribution in [3.05, 3.63) is 23.3 Å². The first-order valence-electron chi connectivity index (χ1n) is 10.9. The summed E-state index contributed by atoms with van der Waals surface area (Å²) in [5, 5.41) is 11.4.